The molecule has 0 aromatic rings. The van der Waals surface area contributed by atoms with E-state index in [0.29, 0.717) is 12.6 Å². The van der Waals surface area contributed by atoms with Gasteiger partial charge in [-0.15, -0.1) is 0 Å². The summed E-state index contributed by atoms with van der Waals surface area (Å²) in [5, 5.41) is 5.69. The smallest absolute Gasteiger partial charge is 0.319 e. The molecule has 1 fully saturated rings. The lowest BCUT2D eigenvalue weighted by atomic mass is 10.2. The van der Waals surface area contributed by atoms with Crippen LogP contribution >= 0.6 is 0 Å². The predicted molar refractivity (Wildman–Crippen MR) is 59.9 cm³/mol. The van der Waals surface area contributed by atoms with E-state index in [9.17, 15) is 9.59 Å². The van der Waals surface area contributed by atoms with E-state index in [4.69, 9.17) is 4.74 Å². The van der Waals surface area contributed by atoms with Gasteiger partial charge in [-0.3, -0.25) is 14.9 Å². The minimum atomic E-state index is -0.323. The molecule has 5 nitrogen and oxygen atoms in total. The van der Waals surface area contributed by atoms with Crippen molar-refractivity contribution in [2.75, 3.05) is 19.7 Å². The van der Waals surface area contributed by atoms with E-state index in [-0.39, 0.29) is 25.0 Å². The van der Waals surface area contributed by atoms with Crippen molar-refractivity contribution in [2.24, 2.45) is 0 Å². The number of amides is 1. The molecule has 0 spiro atoms. The van der Waals surface area contributed by atoms with Crippen LogP contribution in [0.4, 0.5) is 0 Å². The van der Waals surface area contributed by atoms with Crippen LogP contribution in [-0.4, -0.2) is 37.6 Å². The minimum Gasteiger partial charge on any atom is -0.465 e. The van der Waals surface area contributed by atoms with Crippen LogP contribution in [0.1, 0.15) is 32.6 Å². The molecule has 1 aliphatic carbocycles. The van der Waals surface area contributed by atoms with Crippen molar-refractivity contribution in [3.05, 3.63) is 0 Å². The summed E-state index contributed by atoms with van der Waals surface area (Å²) in [5.74, 6) is -0.368. The van der Waals surface area contributed by atoms with Gasteiger partial charge >= 0.3 is 5.97 Å². The zero-order valence-corrected chi connectivity index (χ0v) is 9.75. The van der Waals surface area contributed by atoms with Gasteiger partial charge in [-0.1, -0.05) is 12.8 Å². The number of rotatable bonds is 6. The monoisotopic (exact) mass is 228 g/mol. The average Bonchev–Trinajstić information content (AvgIpc) is 2.70. The van der Waals surface area contributed by atoms with Crippen LogP contribution in [0.5, 0.6) is 0 Å². The topological polar surface area (TPSA) is 67.4 Å². The Hall–Kier alpha value is -1.10. The van der Waals surface area contributed by atoms with Crippen molar-refractivity contribution in [3.8, 4) is 0 Å². The molecule has 1 amide bonds. The molecule has 0 saturated heterocycles. The summed E-state index contributed by atoms with van der Waals surface area (Å²) in [6.45, 7) is 2.39. The second-order valence-electron chi connectivity index (χ2n) is 3.96. The lowest BCUT2D eigenvalue weighted by molar-refractivity contribution is -0.142. The molecule has 1 aliphatic rings. The highest BCUT2D eigenvalue weighted by Crippen LogP contribution is 2.17. The second kappa shape index (κ2) is 7.22. The van der Waals surface area contributed by atoms with Crippen LogP contribution in [0.2, 0.25) is 0 Å². The normalized spacial score (nSPS) is 16.1. The van der Waals surface area contributed by atoms with E-state index >= 15 is 0 Å². The summed E-state index contributed by atoms with van der Waals surface area (Å²) in [5.41, 5.74) is 0. The number of esters is 1. The first-order valence-electron chi connectivity index (χ1n) is 5.88. The summed E-state index contributed by atoms with van der Waals surface area (Å²) >= 11 is 0. The molecule has 92 valence electrons. The van der Waals surface area contributed by atoms with Crippen LogP contribution in [0.25, 0.3) is 0 Å². The first-order chi connectivity index (χ1) is 7.72. The quantitative estimate of drug-likeness (QED) is 0.637. The van der Waals surface area contributed by atoms with Crippen molar-refractivity contribution < 1.29 is 14.3 Å². The molecule has 2 N–H and O–H groups in total. The molecule has 1 rings (SSSR count). The van der Waals surface area contributed by atoms with E-state index in [1.54, 1.807) is 6.92 Å². The predicted octanol–water partition coefficient (Wildman–Crippen LogP) is 0.198. The molecular weight excluding hydrogens is 208 g/mol. The summed E-state index contributed by atoms with van der Waals surface area (Å²) in [6.07, 6.45) is 4.54. The van der Waals surface area contributed by atoms with E-state index in [0.717, 1.165) is 12.8 Å². The molecule has 0 heterocycles. The van der Waals surface area contributed by atoms with Crippen molar-refractivity contribution in [2.45, 2.75) is 38.6 Å². The number of carbonyl (C=O) groups is 2. The SMILES string of the molecule is CCOC(=O)CNCC(=O)NC1CCCC1. The van der Waals surface area contributed by atoms with Crippen LogP contribution in [0.3, 0.4) is 0 Å². The Bertz CT molecular complexity index is 237. The Morgan fingerprint density at radius 3 is 2.56 bits per heavy atom. The molecule has 0 aromatic heterocycles. The van der Waals surface area contributed by atoms with Gasteiger partial charge in [0.1, 0.15) is 0 Å². The molecule has 1 saturated carbocycles. The highest BCUT2D eigenvalue weighted by atomic mass is 16.5. The third-order valence-corrected chi connectivity index (χ3v) is 2.58. The Morgan fingerprint density at radius 1 is 1.25 bits per heavy atom. The van der Waals surface area contributed by atoms with E-state index in [2.05, 4.69) is 10.6 Å². The van der Waals surface area contributed by atoms with Gasteiger partial charge in [0, 0.05) is 6.04 Å². The summed E-state index contributed by atoms with van der Waals surface area (Å²) in [7, 11) is 0. The number of nitrogens with one attached hydrogen (secondary N) is 2. The van der Waals surface area contributed by atoms with Gasteiger partial charge < -0.3 is 10.1 Å². The van der Waals surface area contributed by atoms with Gasteiger partial charge in [0.15, 0.2) is 0 Å². The third-order valence-electron chi connectivity index (χ3n) is 2.58. The highest BCUT2D eigenvalue weighted by molar-refractivity contribution is 5.79. The zero-order valence-electron chi connectivity index (χ0n) is 9.75. The van der Waals surface area contributed by atoms with Crippen molar-refractivity contribution in [3.63, 3.8) is 0 Å². The lowest BCUT2D eigenvalue weighted by Gasteiger charge is -2.11. The van der Waals surface area contributed by atoms with Crippen LogP contribution in [-0.2, 0) is 14.3 Å². The Labute approximate surface area is 95.9 Å². The fraction of sp³-hybridized carbons (Fsp3) is 0.818. The maximum absolute atomic E-state index is 11.4. The molecule has 5 heteroatoms. The molecular formula is C11H20N2O3. The summed E-state index contributed by atoms with van der Waals surface area (Å²) in [6, 6.07) is 0.330. The molecule has 0 atom stereocenters. The van der Waals surface area contributed by atoms with Gasteiger partial charge in [0.2, 0.25) is 5.91 Å². The lowest BCUT2D eigenvalue weighted by Crippen LogP contribution is -2.40. The largest absolute Gasteiger partial charge is 0.465 e. The maximum Gasteiger partial charge on any atom is 0.319 e. The van der Waals surface area contributed by atoms with Gasteiger partial charge in [-0.25, -0.2) is 0 Å². The Morgan fingerprint density at radius 2 is 1.94 bits per heavy atom. The first-order valence-corrected chi connectivity index (χ1v) is 5.88. The van der Waals surface area contributed by atoms with Gasteiger partial charge in [0.05, 0.1) is 19.7 Å². The number of ether oxygens (including phenoxy) is 1. The molecule has 0 aliphatic heterocycles. The standard InChI is InChI=1S/C11H20N2O3/c1-2-16-11(15)8-12-7-10(14)13-9-5-3-4-6-9/h9,12H,2-8H2,1H3,(H,13,14). The van der Waals surface area contributed by atoms with Gasteiger partial charge in [0.25, 0.3) is 0 Å². The minimum absolute atomic E-state index is 0.0452. The average molecular weight is 228 g/mol. The number of hydrogen-bond donors (Lipinski definition) is 2. The summed E-state index contributed by atoms with van der Waals surface area (Å²) < 4.78 is 4.72. The summed E-state index contributed by atoms with van der Waals surface area (Å²) in [4.78, 5) is 22.4. The Balaban J connectivity index is 2.03. The van der Waals surface area contributed by atoms with Crippen molar-refractivity contribution in [1.29, 1.82) is 0 Å². The first kappa shape index (κ1) is 13.0. The fourth-order valence-electron chi connectivity index (χ4n) is 1.84. The van der Waals surface area contributed by atoms with Crippen LogP contribution < -0.4 is 10.6 Å². The van der Waals surface area contributed by atoms with Gasteiger partial charge in [-0.05, 0) is 19.8 Å². The zero-order chi connectivity index (χ0) is 11.8. The molecule has 0 bridgehead atoms. The second-order valence-corrected chi connectivity index (χ2v) is 3.96. The van der Waals surface area contributed by atoms with E-state index in [1.165, 1.54) is 12.8 Å². The van der Waals surface area contributed by atoms with Gasteiger partial charge in [-0.2, -0.15) is 0 Å². The fourth-order valence-corrected chi connectivity index (χ4v) is 1.84. The van der Waals surface area contributed by atoms with Crippen molar-refractivity contribution in [1.82, 2.24) is 10.6 Å². The van der Waals surface area contributed by atoms with E-state index in [1.807, 2.05) is 0 Å². The number of carbonyl (C=O) groups excluding carboxylic acids is 2. The van der Waals surface area contributed by atoms with E-state index < -0.39 is 0 Å². The third kappa shape index (κ3) is 5.11. The molecule has 0 unspecified atom stereocenters. The molecule has 0 radical (unpaired) electrons. The van der Waals surface area contributed by atoms with Crippen LogP contribution in [0, 0.1) is 0 Å². The Kier molecular flexibility index (Phi) is 5.85. The van der Waals surface area contributed by atoms with Crippen molar-refractivity contribution >= 4 is 11.9 Å². The highest BCUT2D eigenvalue weighted by Gasteiger charge is 2.16. The number of hydrogen-bond acceptors (Lipinski definition) is 4. The maximum atomic E-state index is 11.4. The molecule has 16 heavy (non-hydrogen) atoms. The van der Waals surface area contributed by atoms with Crippen LogP contribution in [0.15, 0.2) is 0 Å². The molecule has 0 aromatic carbocycles.